The number of para-hydroxylation sites is 1. The SMILES string of the molecule is COc1ccc(CC(CN)c2c(C)n(C)c3ccccc23)cc1. The van der Waals surface area contributed by atoms with Gasteiger partial charge in [-0.25, -0.2) is 0 Å². The number of hydrogen-bond acceptors (Lipinski definition) is 2. The van der Waals surface area contributed by atoms with Crippen molar-refractivity contribution in [2.45, 2.75) is 19.3 Å². The lowest BCUT2D eigenvalue weighted by atomic mass is 9.90. The molecule has 2 N–H and O–H groups in total. The Morgan fingerprint density at radius 1 is 1.09 bits per heavy atom. The molecule has 0 aliphatic rings. The van der Waals surface area contributed by atoms with Crippen molar-refractivity contribution in [3.8, 4) is 5.75 Å². The molecular formula is C20H24N2O. The molecule has 0 radical (unpaired) electrons. The van der Waals surface area contributed by atoms with Crippen molar-refractivity contribution >= 4 is 10.9 Å². The van der Waals surface area contributed by atoms with Crippen LogP contribution in [0.1, 0.15) is 22.7 Å². The van der Waals surface area contributed by atoms with Gasteiger partial charge >= 0.3 is 0 Å². The molecular weight excluding hydrogens is 284 g/mol. The number of nitrogens with two attached hydrogens (primary N) is 1. The molecule has 0 fully saturated rings. The molecule has 0 spiro atoms. The predicted octanol–water partition coefficient (Wildman–Crippen LogP) is 3.78. The molecule has 0 saturated carbocycles. The quantitative estimate of drug-likeness (QED) is 0.779. The van der Waals surface area contributed by atoms with Gasteiger partial charge in [-0.15, -0.1) is 0 Å². The average molecular weight is 308 g/mol. The first-order valence-corrected chi connectivity index (χ1v) is 8.02. The van der Waals surface area contributed by atoms with Crippen LogP contribution in [0.3, 0.4) is 0 Å². The van der Waals surface area contributed by atoms with E-state index in [-0.39, 0.29) is 0 Å². The highest BCUT2D eigenvalue weighted by atomic mass is 16.5. The molecule has 0 aliphatic heterocycles. The van der Waals surface area contributed by atoms with Gasteiger partial charge in [-0.3, -0.25) is 0 Å². The van der Waals surface area contributed by atoms with E-state index in [1.807, 2.05) is 12.1 Å². The molecule has 23 heavy (non-hydrogen) atoms. The maximum Gasteiger partial charge on any atom is 0.118 e. The van der Waals surface area contributed by atoms with E-state index < -0.39 is 0 Å². The van der Waals surface area contributed by atoms with E-state index in [1.54, 1.807) is 7.11 Å². The van der Waals surface area contributed by atoms with Gasteiger partial charge in [0.2, 0.25) is 0 Å². The molecule has 0 aliphatic carbocycles. The van der Waals surface area contributed by atoms with Gasteiger partial charge in [0.1, 0.15) is 5.75 Å². The maximum atomic E-state index is 6.14. The van der Waals surface area contributed by atoms with Crippen molar-refractivity contribution in [1.82, 2.24) is 4.57 Å². The van der Waals surface area contributed by atoms with Crippen molar-refractivity contribution in [2.24, 2.45) is 12.8 Å². The molecule has 3 rings (SSSR count). The second kappa shape index (κ2) is 6.47. The molecule has 0 saturated heterocycles. The van der Waals surface area contributed by atoms with Gasteiger partial charge in [-0.1, -0.05) is 30.3 Å². The van der Waals surface area contributed by atoms with E-state index in [2.05, 4.69) is 54.9 Å². The number of benzene rings is 2. The average Bonchev–Trinajstić information content (AvgIpc) is 2.85. The van der Waals surface area contributed by atoms with Crippen molar-refractivity contribution in [1.29, 1.82) is 0 Å². The zero-order valence-electron chi connectivity index (χ0n) is 14.0. The van der Waals surface area contributed by atoms with Crippen LogP contribution in [0.25, 0.3) is 10.9 Å². The van der Waals surface area contributed by atoms with Crippen LogP contribution >= 0.6 is 0 Å². The van der Waals surface area contributed by atoms with Crippen LogP contribution in [0.15, 0.2) is 48.5 Å². The molecule has 1 unspecified atom stereocenters. The summed E-state index contributed by atoms with van der Waals surface area (Å²) in [5.74, 6) is 1.20. The molecule has 120 valence electrons. The third-order valence-corrected chi connectivity index (χ3v) is 4.78. The smallest absolute Gasteiger partial charge is 0.118 e. The highest BCUT2D eigenvalue weighted by Crippen LogP contribution is 2.32. The topological polar surface area (TPSA) is 40.2 Å². The Labute approximate surface area is 137 Å². The minimum Gasteiger partial charge on any atom is -0.497 e. The number of nitrogens with zero attached hydrogens (tertiary/aromatic N) is 1. The van der Waals surface area contributed by atoms with Crippen molar-refractivity contribution in [3.05, 3.63) is 65.4 Å². The number of fused-ring (bicyclic) bond motifs is 1. The molecule has 0 amide bonds. The number of ether oxygens (including phenoxy) is 1. The van der Waals surface area contributed by atoms with Gasteiger partial charge in [0.05, 0.1) is 7.11 Å². The Morgan fingerprint density at radius 2 is 1.78 bits per heavy atom. The number of aryl methyl sites for hydroxylation is 1. The summed E-state index contributed by atoms with van der Waals surface area (Å²) in [6.45, 7) is 2.83. The first-order valence-electron chi connectivity index (χ1n) is 8.02. The third kappa shape index (κ3) is 2.84. The Hall–Kier alpha value is -2.26. The predicted molar refractivity (Wildman–Crippen MR) is 96.1 cm³/mol. The van der Waals surface area contributed by atoms with E-state index in [0.29, 0.717) is 12.5 Å². The molecule has 1 heterocycles. The Balaban J connectivity index is 1.99. The second-order valence-electron chi connectivity index (χ2n) is 6.06. The molecule has 3 aromatic rings. The van der Waals surface area contributed by atoms with Gasteiger partial charge in [0.15, 0.2) is 0 Å². The van der Waals surface area contributed by atoms with Crippen LogP contribution in [0, 0.1) is 6.92 Å². The zero-order chi connectivity index (χ0) is 16.4. The lowest BCUT2D eigenvalue weighted by molar-refractivity contribution is 0.414. The summed E-state index contributed by atoms with van der Waals surface area (Å²) in [5, 5.41) is 1.32. The van der Waals surface area contributed by atoms with Crippen LogP contribution in [0.2, 0.25) is 0 Å². The Morgan fingerprint density at radius 3 is 2.43 bits per heavy atom. The number of aromatic nitrogens is 1. The van der Waals surface area contributed by atoms with Crippen LogP contribution in [-0.2, 0) is 13.5 Å². The lowest BCUT2D eigenvalue weighted by Gasteiger charge is -2.16. The summed E-state index contributed by atoms with van der Waals surface area (Å²) in [5.41, 5.74) is 11.4. The number of rotatable bonds is 5. The van der Waals surface area contributed by atoms with Crippen LogP contribution in [0.5, 0.6) is 5.75 Å². The van der Waals surface area contributed by atoms with Crippen molar-refractivity contribution < 1.29 is 4.74 Å². The molecule has 0 bridgehead atoms. The summed E-state index contributed by atoms with van der Waals surface area (Å²) in [6.07, 6.45) is 0.940. The van der Waals surface area contributed by atoms with Gasteiger partial charge in [0.25, 0.3) is 0 Å². The van der Waals surface area contributed by atoms with Gasteiger partial charge in [-0.05, 0) is 49.2 Å². The zero-order valence-corrected chi connectivity index (χ0v) is 14.0. The van der Waals surface area contributed by atoms with E-state index in [0.717, 1.165) is 12.2 Å². The molecule has 1 aromatic heterocycles. The minimum absolute atomic E-state index is 0.314. The summed E-state index contributed by atoms with van der Waals surface area (Å²) in [6, 6.07) is 16.8. The van der Waals surface area contributed by atoms with Crippen molar-refractivity contribution in [2.75, 3.05) is 13.7 Å². The summed E-state index contributed by atoms with van der Waals surface area (Å²) < 4.78 is 7.50. The number of methoxy groups -OCH3 is 1. The molecule has 3 nitrogen and oxygen atoms in total. The van der Waals surface area contributed by atoms with Gasteiger partial charge < -0.3 is 15.0 Å². The largest absolute Gasteiger partial charge is 0.497 e. The third-order valence-electron chi connectivity index (χ3n) is 4.78. The molecule has 2 aromatic carbocycles. The molecule has 3 heteroatoms. The first-order chi connectivity index (χ1) is 11.2. The Kier molecular flexibility index (Phi) is 4.39. The number of hydrogen-bond donors (Lipinski definition) is 1. The van der Waals surface area contributed by atoms with E-state index in [1.165, 1.54) is 27.7 Å². The van der Waals surface area contributed by atoms with E-state index >= 15 is 0 Å². The second-order valence-corrected chi connectivity index (χ2v) is 6.06. The monoisotopic (exact) mass is 308 g/mol. The highest BCUT2D eigenvalue weighted by Gasteiger charge is 2.20. The highest BCUT2D eigenvalue weighted by molar-refractivity contribution is 5.86. The van der Waals surface area contributed by atoms with E-state index in [9.17, 15) is 0 Å². The van der Waals surface area contributed by atoms with Crippen LogP contribution in [0.4, 0.5) is 0 Å². The normalized spacial score (nSPS) is 12.5. The van der Waals surface area contributed by atoms with E-state index in [4.69, 9.17) is 10.5 Å². The standard InChI is InChI=1S/C20H24N2O/c1-14-20(18-6-4-5-7-19(18)22(14)2)16(13-21)12-15-8-10-17(23-3)11-9-15/h4-11,16H,12-13,21H2,1-3H3. The van der Waals surface area contributed by atoms with Crippen LogP contribution in [-0.4, -0.2) is 18.2 Å². The summed E-state index contributed by atoms with van der Waals surface area (Å²) in [7, 11) is 3.82. The summed E-state index contributed by atoms with van der Waals surface area (Å²) in [4.78, 5) is 0. The summed E-state index contributed by atoms with van der Waals surface area (Å²) >= 11 is 0. The first kappa shape index (κ1) is 15.6. The maximum absolute atomic E-state index is 6.14. The van der Waals surface area contributed by atoms with Crippen LogP contribution < -0.4 is 10.5 Å². The lowest BCUT2D eigenvalue weighted by Crippen LogP contribution is -2.16. The minimum atomic E-state index is 0.314. The Bertz CT molecular complexity index is 802. The fourth-order valence-electron chi connectivity index (χ4n) is 3.41. The van der Waals surface area contributed by atoms with Gasteiger partial charge in [0, 0.05) is 29.6 Å². The fraction of sp³-hybridized carbons (Fsp3) is 0.300. The van der Waals surface area contributed by atoms with Crippen molar-refractivity contribution in [3.63, 3.8) is 0 Å². The molecule has 1 atom stereocenters. The fourth-order valence-corrected chi connectivity index (χ4v) is 3.41. The van der Waals surface area contributed by atoms with Gasteiger partial charge in [-0.2, -0.15) is 0 Å².